The standard InChI is InChI=1S/C15H26N2O3.ClH/c1-2-20-13-10-12(18)15(13)5-8-17(9-6-15)14(19)11-4-3-7-16-11;/h11-13,16,18H,2-10H2,1H3;1H. The molecule has 1 aliphatic carbocycles. The first-order valence-corrected chi connectivity index (χ1v) is 7.99. The van der Waals surface area contributed by atoms with Gasteiger partial charge in [-0.2, -0.15) is 0 Å². The van der Waals surface area contributed by atoms with Crippen LogP contribution in [0.25, 0.3) is 0 Å². The molecule has 1 amide bonds. The van der Waals surface area contributed by atoms with E-state index in [9.17, 15) is 9.90 Å². The number of aliphatic hydroxyl groups is 1. The second-order valence-corrected chi connectivity index (χ2v) is 6.40. The second-order valence-electron chi connectivity index (χ2n) is 6.40. The fraction of sp³-hybridized carbons (Fsp3) is 0.933. The van der Waals surface area contributed by atoms with Gasteiger partial charge in [0.25, 0.3) is 0 Å². The van der Waals surface area contributed by atoms with Crippen LogP contribution in [0.4, 0.5) is 0 Å². The van der Waals surface area contributed by atoms with Crippen LogP contribution >= 0.6 is 12.4 Å². The van der Waals surface area contributed by atoms with E-state index in [1.165, 1.54) is 0 Å². The van der Waals surface area contributed by atoms with Crippen LogP contribution in [-0.2, 0) is 9.53 Å². The molecule has 2 heterocycles. The van der Waals surface area contributed by atoms with Crippen molar-refractivity contribution in [2.24, 2.45) is 5.41 Å². The van der Waals surface area contributed by atoms with Crippen molar-refractivity contribution in [2.75, 3.05) is 26.2 Å². The Morgan fingerprint density at radius 3 is 2.67 bits per heavy atom. The number of nitrogens with one attached hydrogen (secondary N) is 1. The van der Waals surface area contributed by atoms with E-state index in [0.29, 0.717) is 6.61 Å². The molecule has 2 N–H and O–H groups in total. The summed E-state index contributed by atoms with van der Waals surface area (Å²) in [7, 11) is 0. The molecule has 3 unspecified atom stereocenters. The highest BCUT2D eigenvalue weighted by Crippen LogP contribution is 2.50. The summed E-state index contributed by atoms with van der Waals surface area (Å²) in [6.45, 7) is 5.19. The number of hydrogen-bond donors (Lipinski definition) is 2. The van der Waals surface area contributed by atoms with Crippen molar-refractivity contribution in [3.63, 3.8) is 0 Å². The molecule has 3 aliphatic rings. The molecule has 122 valence electrons. The fourth-order valence-electron chi connectivity index (χ4n) is 4.08. The molecule has 0 radical (unpaired) electrons. The number of carbonyl (C=O) groups is 1. The van der Waals surface area contributed by atoms with Crippen molar-refractivity contribution in [1.29, 1.82) is 0 Å². The molecule has 6 heteroatoms. The van der Waals surface area contributed by atoms with E-state index in [0.717, 1.165) is 51.7 Å². The highest BCUT2D eigenvalue weighted by atomic mass is 35.5. The smallest absolute Gasteiger partial charge is 0.239 e. The lowest BCUT2D eigenvalue weighted by Crippen LogP contribution is -2.63. The minimum atomic E-state index is -0.249. The van der Waals surface area contributed by atoms with Crippen LogP contribution < -0.4 is 5.32 Å². The zero-order valence-electron chi connectivity index (χ0n) is 12.7. The van der Waals surface area contributed by atoms with Gasteiger partial charge in [-0.3, -0.25) is 4.79 Å². The van der Waals surface area contributed by atoms with Gasteiger partial charge in [0, 0.05) is 31.5 Å². The molecule has 3 rings (SSSR count). The number of piperidine rings is 1. The summed E-state index contributed by atoms with van der Waals surface area (Å²) in [4.78, 5) is 14.4. The van der Waals surface area contributed by atoms with E-state index < -0.39 is 0 Å². The molecule has 0 aromatic rings. The van der Waals surface area contributed by atoms with Gasteiger partial charge in [-0.1, -0.05) is 0 Å². The topological polar surface area (TPSA) is 61.8 Å². The number of halogens is 1. The summed E-state index contributed by atoms with van der Waals surface area (Å²) in [6, 6.07) is 0.0260. The zero-order valence-corrected chi connectivity index (χ0v) is 13.5. The van der Waals surface area contributed by atoms with Crippen molar-refractivity contribution in [1.82, 2.24) is 10.2 Å². The van der Waals surface area contributed by atoms with Gasteiger partial charge < -0.3 is 20.1 Å². The summed E-state index contributed by atoms with van der Waals surface area (Å²) < 4.78 is 5.76. The molecule has 1 saturated carbocycles. The van der Waals surface area contributed by atoms with E-state index in [4.69, 9.17) is 4.74 Å². The molecular formula is C15H27ClN2O3. The van der Waals surface area contributed by atoms with Gasteiger partial charge in [0.05, 0.1) is 18.2 Å². The van der Waals surface area contributed by atoms with Crippen LogP contribution in [0.1, 0.15) is 39.0 Å². The molecule has 3 fully saturated rings. The average Bonchev–Trinajstić information content (AvgIpc) is 3.01. The summed E-state index contributed by atoms with van der Waals surface area (Å²) >= 11 is 0. The first kappa shape index (κ1) is 17.0. The number of amides is 1. The quantitative estimate of drug-likeness (QED) is 0.813. The van der Waals surface area contributed by atoms with E-state index in [1.54, 1.807) is 0 Å². The molecule has 2 saturated heterocycles. The lowest BCUT2D eigenvalue weighted by atomic mass is 9.58. The Kier molecular flexibility index (Phi) is 5.52. The third-order valence-corrected chi connectivity index (χ3v) is 5.47. The number of aliphatic hydroxyl groups excluding tert-OH is 1. The molecule has 0 aromatic heterocycles. The van der Waals surface area contributed by atoms with Crippen molar-refractivity contribution < 1.29 is 14.6 Å². The average molecular weight is 319 g/mol. The fourth-order valence-corrected chi connectivity index (χ4v) is 4.08. The van der Waals surface area contributed by atoms with Gasteiger partial charge in [-0.25, -0.2) is 0 Å². The Morgan fingerprint density at radius 1 is 1.43 bits per heavy atom. The molecule has 21 heavy (non-hydrogen) atoms. The third-order valence-electron chi connectivity index (χ3n) is 5.47. The maximum absolute atomic E-state index is 12.4. The predicted molar refractivity (Wildman–Crippen MR) is 82.6 cm³/mol. The third kappa shape index (κ3) is 2.93. The Labute approximate surface area is 132 Å². The summed E-state index contributed by atoms with van der Waals surface area (Å²) in [6.07, 6.45) is 4.50. The lowest BCUT2D eigenvalue weighted by molar-refractivity contribution is -0.210. The normalized spacial score (nSPS) is 34.4. The number of ether oxygens (including phenoxy) is 1. The Balaban J connectivity index is 0.00000161. The highest BCUT2D eigenvalue weighted by Gasteiger charge is 2.56. The van der Waals surface area contributed by atoms with Crippen LogP contribution in [0.3, 0.4) is 0 Å². The number of carbonyl (C=O) groups excluding carboxylic acids is 1. The maximum Gasteiger partial charge on any atom is 0.239 e. The first-order valence-electron chi connectivity index (χ1n) is 7.99. The molecule has 0 bridgehead atoms. The number of likely N-dealkylation sites (tertiary alicyclic amines) is 1. The molecular weight excluding hydrogens is 292 g/mol. The largest absolute Gasteiger partial charge is 0.392 e. The minimum Gasteiger partial charge on any atom is -0.392 e. The van der Waals surface area contributed by atoms with Crippen LogP contribution in [0, 0.1) is 5.41 Å². The number of nitrogens with zero attached hydrogens (tertiary/aromatic N) is 1. The van der Waals surface area contributed by atoms with Gasteiger partial charge in [0.1, 0.15) is 0 Å². The van der Waals surface area contributed by atoms with Gasteiger partial charge in [0.15, 0.2) is 0 Å². The van der Waals surface area contributed by atoms with E-state index >= 15 is 0 Å². The first-order chi connectivity index (χ1) is 9.67. The minimum absolute atomic E-state index is 0. The predicted octanol–water partition coefficient (Wildman–Crippen LogP) is 0.939. The molecule has 5 nitrogen and oxygen atoms in total. The lowest BCUT2D eigenvalue weighted by Gasteiger charge is -2.56. The Morgan fingerprint density at radius 2 is 2.14 bits per heavy atom. The van der Waals surface area contributed by atoms with Crippen molar-refractivity contribution in [2.45, 2.75) is 57.3 Å². The molecule has 0 aromatic carbocycles. The molecule has 3 atom stereocenters. The molecule has 2 aliphatic heterocycles. The number of rotatable bonds is 3. The highest BCUT2D eigenvalue weighted by molar-refractivity contribution is 5.85. The van der Waals surface area contributed by atoms with Gasteiger partial charge in [-0.05, 0) is 39.2 Å². The summed E-state index contributed by atoms with van der Waals surface area (Å²) in [5, 5.41) is 13.4. The second kappa shape index (κ2) is 6.82. The Hall–Kier alpha value is -0.360. The summed E-state index contributed by atoms with van der Waals surface area (Å²) in [5.74, 6) is 0.249. The number of hydrogen-bond acceptors (Lipinski definition) is 4. The monoisotopic (exact) mass is 318 g/mol. The zero-order chi connectivity index (χ0) is 14.2. The van der Waals surface area contributed by atoms with Crippen molar-refractivity contribution in [3.05, 3.63) is 0 Å². The van der Waals surface area contributed by atoms with Crippen molar-refractivity contribution >= 4 is 18.3 Å². The Bertz CT molecular complexity index is 364. The van der Waals surface area contributed by atoms with E-state index in [-0.39, 0.29) is 42.0 Å². The SMILES string of the molecule is CCOC1CC(O)C12CCN(C(=O)C1CCCN1)CC2.Cl. The maximum atomic E-state index is 12.4. The molecule has 1 spiro atoms. The van der Waals surface area contributed by atoms with Gasteiger partial charge in [0.2, 0.25) is 5.91 Å². The van der Waals surface area contributed by atoms with Crippen LogP contribution in [0.2, 0.25) is 0 Å². The van der Waals surface area contributed by atoms with Crippen LogP contribution in [0.15, 0.2) is 0 Å². The van der Waals surface area contributed by atoms with E-state index in [1.807, 2.05) is 11.8 Å². The van der Waals surface area contributed by atoms with Gasteiger partial charge >= 0.3 is 0 Å². The van der Waals surface area contributed by atoms with Gasteiger partial charge in [-0.15, -0.1) is 12.4 Å². The van der Waals surface area contributed by atoms with E-state index in [2.05, 4.69) is 5.32 Å². The van der Waals surface area contributed by atoms with Crippen LogP contribution in [-0.4, -0.2) is 60.4 Å². The van der Waals surface area contributed by atoms with Crippen molar-refractivity contribution in [3.8, 4) is 0 Å². The summed E-state index contributed by atoms with van der Waals surface area (Å²) in [5.41, 5.74) is -0.0874. The van der Waals surface area contributed by atoms with Crippen LogP contribution in [0.5, 0.6) is 0 Å².